The summed E-state index contributed by atoms with van der Waals surface area (Å²) in [4.78, 5) is 12.8. The number of hydrogen-bond donors (Lipinski definition) is 2. The number of rotatable bonds is 14. The van der Waals surface area contributed by atoms with Gasteiger partial charge in [0.2, 0.25) is 0 Å². The van der Waals surface area contributed by atoms with E-state index >= 15 is 0 Å². The third-order valence-corrected chi connectivity index (χ3v) is 6.28. The molecule has 2 N–H and O–H groups in total. The van der Waals surface area contributed by atoms with Crippen LogP contribution in [0.5, 0.6) is 11.5 Å². The first-order valence-corrected chi connectivity index (χ1v) is 13.2. The van der Waals surface area contributed by atoms with Crippen molar-refractivity contribution >= 4 is 5.97 Å². The normalized spacial score (nSPS) is 12.2. The maximum absolute atomic E-state index is 12.8. The fourth-order valence-corrected chi connectivity index (χ4v) is 4.29. The molecule has 1 rings (SSSR count). The molecule has 0 heterocycles. The molecule has 0 atom stereocenters. The Kier molecular flexibility index (Phi) is 12.3. The van der Waals surface area contributed by atoms with Gasteiger partial charge in [-0.25, -0.2) is 4.79 Å². The predicted octanol–water partition coefficient (Wildman–Crippen LogP) is 8.55. The number of aromatic hydroxyl groups is 2. The fraction of sp³-hybridized carbons (Fsp3) is 0.759. The Balaban J connectivity index is 2.50. The molecule has 0 aliphatic rings. The molecule has 1 aromatic carbocycles. The zero-order valence-corrected chi connectivity index (χ0v) is 22.5. The van der Waals surface area contributed by atoms with Gasteiger partial charge in [0.05, 0.1) is 6.61 Å². The molecular formula is C29H50O4. The van der Waals surface area contributed by atoms with Gasteiger partial charge >= 0.3 is 5.97 Å². The number of phenols is 2. The summed E-state index contributed by atoms with van der Waals surface area (Å²) in [6.07, 6.45) is 15.1. The predicted molar refractivity (Wildman–Crippen MR) is 139 cm³/mol. The van der Waals surface area contributed by atoms with Crippen LogP contribution < -0.4 is 0 Å². The van der Waals surface area contributed by atoms with Crippen LogP contribution in [0.2, 0.25) is 0 Å². The van der Waals surface area contributed by atoms with Gasteiger partial charge in [-0.15, -0.1) is 0 Å². The number of ether oxygens (including phenoxy) is 1. The van der Waals surface area contributed by atoms with Gasteiger partial charge in [-0.05, 0) is 23.3 Å². The van der Waals surface area contributed by atoms with Gasteiger partial charge in [0.25, 0.3) is 0 Å². The third-order valence-electron chi connectivity index (χ3n) is 6.28. The van der Waals surface area contributed by atoms with Crippen LogP contribution in [0.4, 0.5) is 0 Å². The van der Waals surface area contributed by atoms with Gasteiger partial charge in [-0.1, -0.05) is 119 Å². The lowest BCUT2D eigenvalue weighted by molar-refractivity contribution is 0.0494. The first-order valence-electron chi connectivity index (χ1n) is 13.2. The highest BCUT2D eigenvalue weighted by Crippen LogP contribution is 2.45. The number of unbranched alkanes of at least 4 members (excludes halogenated alkanes) is 11. The summed E-state index contributed by atoms with van der Waals surface area (Å²) < 4.78 is 5.50. The molecule has 0 saturated carbocycles. The van der Waals surface area contributed by atoms with Crippen molar-refractivity contribution in [2.45, 2.75) is 136 Å². The van der Waals surface area contributed by atoms with Crippen molar-refractivity contribution < 1.29 is 19.7 Å². The van der Waals surface area contributed by atoms with Crippen LogP contribution >= 0.6 is 0 Å². The summed E-state index contributed by atoms with van der Waals surface area (Å²) in [5, 5.41) is 21.6. The van der Waals surface area contributed by atoms with Gasteiger partial charge in [0.1, 0.15) is 17.1 Å². The van der Waals surface area contributed by atoms with Crippen LogP contribution in [-0.4, -0.2) is 22.8 Å². The molecule has 1 aromatic rings. The Morgan fingerprint density at radius 3 is 1.61 bits per heavy atom. The molecule has 0 fully saturated rings. The smallest absolute Gasteiger partial charge is 0.341 e. The van der Waals surface area contributed by atoms with Crippen molar-refractivity contribution in [1.82, 2.24) is 0 Å². The number of benzene rings is 1. The lowest BCUT2D eigenvalue weighted by Gasteiger charge is -2.29. The van der Waals surface area contributed by atoms with Gasteiger partial charge < -0.3 is 14.9 Å². The zero-order valence-electron chi connectivity index (χ0n) is 22.5. The van der Waals surface area contributed by atoms with Crippen LogP contribution in [0, 0.1) is 0 Å². The minimum Gasteiger partial charge on any atom is -0.507 e. The molecule has 0 aliphatic heterocycles. The average molecular weight is 463 g/mol. The molecule has 0 saturated heterocycles. The Bertz CT molecular complexity index is 723. The standard InChI is InChI=1S/C29H50O4/c1-8-9-10-11-12-13-14-15-16-17-18-19-20-33-27(32)22-21-23(28(2,3)4)26(31)24(25(22)30)29(5,6)7/h21,30-31H,8-20H2,1-7H3. The van der Waals surface area contributed by atoms with Crippen molar-refractivity contribution in [3.05, 3.63) is 22.8 Å². The molecule has 0 unspecified atom stereocenters. The Labute approximate surface area is 203 Å². The molecule has 0 aliphatic carbocycles. The van der Waals surface area contributed by atoms with Crippen molar-refractivity contribution in [1.29, 1.82) is 0 Å². The van der Waals surface area contributed by atoms with Crippen molar-refractivity contribution in [2.24, 2.45) is 0 Å². The summed E-state index contributed by atoms with van der Waals surface area (Å²) >= 11 is 0. The van der Waals surface area contributed by atoms with Gasteiger partial charge in [-0.2, -0.15) is 0 Å². The van der Waals surface area contributed by atoms with Crippen molar-refractivity contribution in [3.8, 4) is 11.5 Å². The van der Waals surface area contributed by atoms with E-state index in [1.165, 1.54) is 64.2 Å². The van der Waals surface area contributed by atoms with Crippen LogP contribution in [0.15, 0.2) is 6.07 Å². The molecule has 0 aromatic heterocycles. The Morgan fingerprint density at radius 1 is 0.727 bits per heavy atom. The molecular weight excluding hydrogens is 412 g/mol. The molecule has 4 heteroatoms. The number of esters is 1. The monoisotopic (exact) mass is 462 g/mol. The number of carbonyl (C=O) groups excluding carboxylic acids is 1. The third kappa shape index (κ3) is 9.98. The number of carbonyl (C=O) groups is 1. The lowest BCUT2D eigenvalue weighted by Crippen LogP contribution is -2.20. The Morgan fingerprint density at radius 2 is 1.18 bits per heavy atom. The van der Waals surface area contributed by atoms with E-state index in [-0.39, 0.29) is 22.5 Å². The summed E-state index contributed by atoms with van der Waals surface area (Å²) in [5.74, 6) is -0.635. The van der Waals surface area contributed by atoms with Crippen LogP contribution in [-0.2, 0) is 15.6 Å². The van der Waals surface area contributed by atoms with Crippen molar-refractivity contribution in [3.63, 3.8) is 0 Å². The van der Waals surface area contributed by atoms with E-state index in [4.69, 9.17) is 4.74 Å². The van der Waals surface area contributed by atoms with Gasteiger partial charge in [-0.3, -0.25) is 0 Å². The molecule has 0 spiro atoms. The van der Waals surface area contributed by atoms with Gasteiger partial charge in [0, 0.05) is 11.1 Å². The van der Waals surface area contributed by atoms with E-state index in [9.17, 15) is 15.0 Å². The molecule has 0 amide bonds. The molecule has 33 heavy (non-hydrogen) atoms. The van der Waals surface area contributed by atoms with E-state index in [0.29, 0.717) is 17.7 Å². The summed E-state index contributed by atoms with van der Waals surface area (Å²) in [6.45, 7) is 14.3. The SMILES string of the molecule is CCCCCCCCCCCCCCOC(=O)c1cc(C(C)(C)C)c(O)c(C(C)(C)C)c1O. The summed E-state index contributed by atoms with van der Waals surface area (Å²) in [6, 6.07) is 1.59. The highest BCUT2D eigenvalue weighted by Gasteiger charge is 2.32. The maximum Gasteiger partial charge on any atom is 0.341 e. The first-order chi connectivity index (χ1) is 15.4. The molecule has 190 valence electrons. The van der Waals surface area contributed by atoms with E-state index in [1.54, 1.807) is 6.07 Å². The topological polar surface area (TPSA) is 66.8 Å². The second-order valence-corrected chi connectivity index (χ2v) is 11.6. The van der Waals surface area contributed by atoms with Crippen LogP contribution in [0.1, 0.15) is 147 Å². The molecule has 0 radical (unpaired) electrons. The molecule has 0 bridgehead atoms. The van der Waals surface area contributed by atoms with Gasteiger partial charge in [0.15, 0.2) is 0 Å². The minimum absolute atomic E-state index is 0.0602. The zero-order chi connectivity index (χ0) is 25.1. The second-order valence-electron chi connectivity index (χ2n) is 11.6. The van der Waals surface area contributed by atoms with E-state index in [0.717, 1.165) is 12.8 Å². The van der Waals surface area contributed by atoms with E-state index in [1.807, 2.05) is 41.5 Å². The fourth-order valence-electron chi connectivity index (χ4n) is 4.29. The van der Waals surface area contributed by atoms with Crippen LogP contribution in [0.25, 0.3) is 0 Å². The highest BCUT2D eigenvalue weighted by atomic mass is 16.5. The van der Waals surface area contributed by atoms with Crippen LogP contribution in [0.3, 0.4) is 0 Å². The maximum atomic E-state index is 12.8. The summed E-state index contributed by atoms with van der Waals surface area (Å²) in [7, 11) is 0. The number of phenolic OH excluding ortho intramolecular Hbond substituents is 2. The minimum atomic E-state index is -0.522. The Hall–Kier alpha value is -1.71. The van der Waals surface area contributed by atoms with E-state index in [2.05, 4.69) is 6.92 Å². The largest absolute Gasteiger partial charge is 0.507 e. The van der Waals surface area contributed by atoms with E-state index < -0.39 is 11.4 Å². The quantitative estimate of drug-likeness (QED) is 0.215. The highest BCUT2D eigenvalue weighted by molar-refractivity contribution is 5.94. The van der Waals surface area contributed by atoms with Crippen molar-refractivity contribution in [2.75, 3.05) is 6.61 Å². The first kappa shape index (κ1) is 29.3. The summed E-state index contributed by atoms with van der Waals surface area (Å²) in [5.41, 5.74) is 0.291. The lowest BCUT2D eigenvalue weighted by atomic mass is 9.77. The number of hydrogen-bond acceptors (Lipinski definition) is 4. The average Bonchev–Trinajstić information content (AvgIpc) is 2.69. The molecule has 4 nitrogen and oxygen atoms in total. The second kappa shape index (κ2) is 13.9.